The summed E-state index contributed by atoms with van der Waals surface area (Å²) in [7, 11) is 0. The maximum absolute atomic E-state index is 11.9. The molecular weight excluding hydrogens is 242 g/mol. The fourth-order valence-electron chi connectivity index (χ4n) is 1.88. The number of carbonyl (C=O) groups is 2. The Morgan fingerprint density at radius 3 is 3.00 bits per heavy atom. The van der Waals surface area contributed by atoms with Gasteiger partial charge in [0.1, 0.15) is 0 Å². The molecule has 1 aliphatic heterocycles. The number of hydrogen-bond acceptors (Lipinski definition) is 5. The molecule has 17 heavy (non-hydrogen) atoms. The predicted molar refractivity (Wildman–Crippen MR) is 61.1 cm³/mol. The van der Waals surface area contributed by atoms with Crippen molar-refractivity contribution in [3.63, 3.8) is 0 Å². The second-order valence-corrected chi connectivity index (χ2v) is 5.12. The molecule has 5 nitrogen and oxygen atoms in total. The van der Waals surface area contributed by atoms with Crippen LogP contribution in [0.25, 0.3) is 0 Å². The van der Waals surface area contributed by atoms with E-state index < -0.39 is 11.4 Å². The lowest BCUT2D eigenvalue weighted by Gasteiger charge is -2.30. The molecule has 1 fully saturated rings. The van der Waals surface area contributed by atoms with Crippen LogP contribution in [0.4, 0.5) is 0 Å². The lowest BCUT2D eigenvalue weighted by molar-refractivity contribution is -0.164. The molecule has 0 amide bonds. The number of aliphatic carboxylic acids is 1. The molecular formula is C11H13NO4S. The minimum absolute atomic E-state index is 0.0558. The van der Waals surface area contributed by atoms with Crippen LogP contribution in [-0.2, 0) is 20.7 Å². The molecule has 1 aromatic heterocycles. The van der Waals surface area contributed by atoms with E-state index in [0.717, 1.165) is 5.69 Å². The van der Waals surface area contributed by atoms with Crippen LogP contribution in [0.15, 0.2) is 5.38 Å². The summed E-state index contributed by atoms with van der Waals surface area (Å²) in [5.41, 5.74) is -0.600. The van der Waals surface area contributed by atoms with Gasteiger partial charge in [-0.15, -0.1) is 11.3 Å². The van der Waals surface area contributed by atoms with E-state index in [9.17, 15) is 14.7 Å². The van der Waals surface area contributed by atoms with Gasteiger partial charge in [-0.1, -0.05) is 0 Å². The highest BCUT2D eigenvalue weighted by atomic mass is 32.1. The summed E-state index contributed by atoms with van der Waals surface area (Å²) >= 11 is 1.38. The number of Topliss-reactive ketones (excluding diaryl/α,β-unsaturated/α-hetero) is 1. The zero-order chi connectivity index (χ0) is 12.5. The molecule has 0 radical (unpaired) electrons. The van der Waals surface area contributed by atoms with Gasteiger partial charge in [0.2, 0.25) is 0 Å². The summed E-state index contributed by atoms with van der Waals surface area (Å²) in [5.74, 6) is -1.38. The minimum atomic E-state index is -1.44. The van der Waals surface area contributed by atoms with Crippen molar-refractivity contribution in [1.29, 1.82) is 0 Å². The summed E-state index contributed by atoms with van der Waals surface area (Å²) in [6.07, 6.45) is 0.288. The van der Waals surface area contributed by atoms with E-state index in [2.05, 4.69) is 4.98 Å². The van der Waals surface area contributed by atoms with Gasteiger partial charge in [-0.2, -0.15) is 0 Å². The van der Waals surface area contributed by atoms with Gasteiger partial charge >= 0.3 is 5.97 Å². The Hall–Kier alpha value is -1.27. The first-order valence-electron chi connectivity index (χ1n) is 5.30. The summed E-state index contributed by atoms with van der Waals surface area (Å²) in [6.45, 7) is 2.09. The molecule has 1 N–H and O–H groups in total. The fourth-order valence-corrected chi connectivity index (χ4v) is 2.77. The maximum atomic E-state index is 11.9. The molecule has 6 heteroatoms. The van der Waals surface area contributed by atoms with E-state index in [0.29, 0.717) is 11.6 Å². The largest absolute Gasteiger partial charge is 0.480 e. The Morgan fingerprint density at radius 1 is 1.71 bits per heavy atom. The Labute approximate surface area is 102 Å². The lowest BCUT2D eigenvalue weighted by Crippen LogP contribution is -2.48. The van der Waals surface area contributed by atoms with Crippen LogP contribution in [-0.4, -0.2) is 35.1 Å². The fraction of sp³-hybridized carbons (Fsp3) is 0.545. The van der Waals surface area contributed by atoms with Crippen LogP contribution in [0.2, 0.25) is 0 Å². The molecule has 1 saturated heterocycles. The van der Waals surface area contributed by atoms with Crippen molar-refractivity contribution in [3.8, 4) is 0 Å². The number of ether oxygens (including phenoxy) is 1. The third-order valence-electron chi connectivity index (χ3n) is 2.88. The third-order valence-corrected chi connectivity index (χ3v) is 3.85. The monoisotopic (exact) mass is 255 g/mol. The molecule has 1 aromatic rings. The number of carbonyl (C=O) groups excluding carboxylic acids is 1. The molecule has 0 aliphatic carbocycles. The highest BCUT2D eigenvalue weighted by Crippen LogP contribution is 2.31. The highest BCUT2D eigenvalue weighted by molar-refractivity contribution is 7.09. The van der Waals surface area contributed by atoms with E-state index in [1.165, 1.54) is 11.3 Å². The van der Waals surface area contributed by atoms with Crippen molar-refractivity contribution < 1.29 is 19.4 Å². The number of aromatic nitrogens is 1. The molecule has 2 rings (SSSR count). The maximum Gasteiger partial charge on any atom is 0.320 e. The number of ketones is 1. The van der Waals surface area contributed by atoms with Crippen LogP contribution >= 0.6 is 11.3 Å². The molecule has 0 spiro atoms. The normalized spacial score (nSPS) is 24.9. The van der Waals surface area contributed by atoms with Gasteiger partial charge in [0.25, 0.3) is 0 Å². The average Bonchev–Trinajstić information content (AvgIpc) is 2.67. The number of carboxylic acid groups (broad SMARTS) is 1. The molecule has 1 atom stereocenters. The SMILES string of the molecule is Cc1csc(CC2(C(=O)O)COCCC2=O)n1. The van der Waals surface area contributed by atoms with E-state index in [1.807, 2.05) is 12.3 Å². The minimum Gasteiger partial charge on any atom is -0.480 e. The van der Waals surface area contributed by atoms with Gasteiger partial charge < -0.3 is 9.84 Å². The van der Waals surface area contributed by atoms with Crippen LogP contribution in [0.1, 0.15) is 17.1 Å². The zero-order valence-electron chi connectivity index (χ0n) is 9.43. The molecule has 92 valence electrons. The number of hydrogen-bond donors (Lipinski definition) is 1. The van der Waals surface area contributed by atoms with Crippen molar-refractivity contribution in [2.75, 3.05) is 13.2 Å². The van der Waals surface area contributed by atoms with E-state index in [-0.39, 0.29) is 25.2 Å². The van der Waals surface area contributed by atoms with Crippen LogP contribution in [0.3, 0.4) is 0 Å². The van der Waals surface area contributed by atoms with E-state index in [1.54, 1.807) is 0 Å². The number of aryl methyl sites for hydroxylation is 1. The van der Waals surface area contributed by atoms with Crippen molar-refractivity contribution in [2.45, 2.75) is 19.8 Å². The van der Waals surface area contributed by atoms with Crippen molar-refractivity contribution in [3.05, 3.63) is 16.1 Å². The van der Waals surface area contributed by atoms with Gasteiger partial charge in [0.15, 0.2) is 11.2 Å². The standard InChI is InChI=1S/C11H13NO4S/c1-7-5-17-9(12-7)4-11(10(14)15)6-16-3-2-8(11)13/h5H,2-4,6H2,1H3,(H,14,15). The average molecular weight is 255 g/mol. The highest BCUT2D eigenvalue weighted by Gasteiger charge is 2.48. The molecule has 1 aliphatic rings. The zero-order valence-corrected chi connectivity index (χ0v) is 10.2. The van der Waals surface area contributed by atoms with Crippen molar-refractivity contribution in [1.82, 2.24) is 4.98 Å². The van der Waals surface area contributed by atoms with E-state index >= 15 is 0 Å². The summed E-state index contributed by atoms with van der Waals surface area (Å²) in [4.78, 5) is 27.5. The summed E-state index contributed by atoms with van der Waals surface area (Å²) in [6, 6.07) is 0. The quantitative estimate of drug-likeness (QED) is 0.817. The smallest absolute Gasteiger partial charge is 0.320 e. The van der Waals surface area contributed by atoms with Crippen molar-refractivity contribution >= 4 is 23.1 Å². The number of carboxylic acids is 1. The first-order valence-corrected chi connectivity index (χ1v) is 6.18. The first kappa shape index (κ1) is 12.2. The number of thiazole rings is 1. The second kappa shape index (κ2) is 4.54. The Bertz CT molecular complexity index is 456. The van der Waals surface area contributed by atoms with Crippen molar-refractivity contribution in [2.24, 2.45) is 5.41 Å². The summed E-state index contributed by atoms with van der Waals surface area (Å²) in [5, 5.41) is 11.8. The topological polar surface area (TPSA) is 76.5 Å². The second-order valence-electron chi connectivity index (χ2n) is 4.17. The van der Waals surface area contributed by atoms with Gasteiger partial charge in [0, 0.05) is 23.9 Å². The predicted octanol–water partition coefficient (Wildman–Crippen LogP) is 1.05. The molecule has 0 bridgehead atoms. The lowest BCUT2D eigenvalue weighted by atomic mass is 9.78. The van der Waals surface area contributed by atoms with Gasteiger partial charge in [-0.25, -0.2) is 4.98 Å². The van der Waals surface area contributed by atoms with Gasteiger partial charge in [-0.05, 0) is 6.92 Å². The van der Waals surface area contributed by atoms with Gasteiger partial charge in [0.05, 0.1) is 18.2 Å². The molecule has 2 heterocycles. The number of nitrogens with zero attached hydrogens (tertiary/aromatic N) is 1. The van der Waals surface area contributed by atoms with Crippen LogP contribution < -0.4 is 0 Å². The molecule has 0 aromatic carbocycles. The first-order chi connectivity index (χ1) is 8.04. The van der Waals surface area contributed by atoms with Gasteiger partial charge in [-0.3, -0.25) is 9.59 Å². The third kappa shape index (κ3) is 2.23. The Morgan fingerprint density at radius 2 is 2.47 bits per heavy atom. The number of rotatable bonds is 3. The molecule has 1 unspecified atom stereocenters. The van der Waals surface area contributed by atoms with Crippen LogP contribution in [0.5, 0.6) is 0 Å². The van der Waals surface area contributed by atoms with Crippen LogP contribution in [0, 0.1) is 12.3 Å². The Balaban J connectivity index is 2.28. The Kier molecular flexibility index (Phi) is 3.26. The van der Waals surface area contributed by atoms with E-state index in [4.69, 9.17) is 4.74 Å². The summed E-state index contributed by atoms with van der Waals surface area (Å²) < 4.78 is 5.17. The molecule has 0 saturated carbocycles.